The van der Waals surface area contributed by atoms with Gasteiger partial charge < -0.3 is 20.4 Å². The number of nitrogens with one attached hydrogen (secondary N) is 2. The highest BCUT2D eigenvalue weighted by atomic mass is 32.1. The van der Waals surface area contributed by atoms with E-state index in [0.29, 0.717) is 30.6 Å². The Morgan fingerprint density at radius 3 is 2.52 bits per heavy atom. The summed E-state index contributed by atoms with van der Waals surface area (Å²) in [5.41, 5.74) is 0. The minimum atomic E-state index is -0.514. The van der Waals surface area contributed by atoms with E-state index in [-0.39, 0.29) is 30.4 Å². The van der Waals surface area contributed by atoms with Gasteiger partial charge in [0.2, 0.25) is 11.8 Å². The molecule has 2 heterocycles. The molecular weight excluding hydrogens is 414 g/mol. The van der Waals surface area contributed by atoms with Crippen molar-refractivity contribution >= 4 is 34.3 Å². The molecule has 4 rings (SSSR count). The third-order valence-electron chi connectivity index (χ3n) is 6.85. The van der Waals surface area contributed by atoms with Gasteiger partial charge in [-0.05, 0) is 25.2 Å². The van der Waals surface area contributed by atoms with Gasteiger partial charge in [-0.25, -0.2) is 9.78 Å². The van der Waals surface area contributed by atoms with E-state index in [1.807, 2.05) is 5.38 Å². The fourth-order valence-corrected chi connectivity index (χ4v) is 5.65. The molecule has 9 heteroatoms. The maximum Gasteiger partial charge on any atom is 0.318 e. The highest BCUT2D eigenvalue weighted by Crippen LogP contribution is 2.30. The lowest BCUT2D eigenvalue weighted by atomic mass is 9.84. The standard InChI is InChI=1S/C22H33N5O3S/c28-19-15-26(22(30)24-17-8-4-5-9-17)11-12-27(19)18(14-16-6-2-1-3-7-16)20(29)25-21-23-10-13-31-21/h10,13,16-18H,1-9,11-12,14-15H2,(H,24,30)(H,23,25,29). The van der Waals surface area contributed by atoms with Gasteiger partial charge >= 0.3 is 6.03 Å². The average Bonchev–Trinajstić information content (AvgIpc) is 3.47. The van der Waals surface area contributed by atoms with E-state index in [0.717, 1.165) is 38.5 Å². The van der Waals surface area contributed by atoms with Gasteiger partial charge in [-0.3, -0.25) is 9.59 Å². The van der Waals surface area contributed by atoms with Gasteiger partial charge in [-0.1, -0.05) is 44.9 Å². The number of anilines is 1. The highest BCUT2D eigenvalue weighted by Gasteiger charge is 2.37. The maximum absolute atomic E-state index is 13.1. The molecule has 3 aliphatic rings. The molecule has 1 unspecified atom stereocenters. The molecule has 1 aromatic heterocycles. The van der Waals surface area contributed by atoms with Crippen LogP contribution in [-0.2, 0) is 9.59 Å². The van der Waals surface area contributed by atoms with Crippen molar-refractivity contribution in [1.29, 1.82) is 0 Å². The van der Waals surface area contributed by atoms with Crippen molar-refractivity contribution in [1.82, 2.24) is 20.1 Å². The van der Waals surface area contributed by atoms with E-state index in [2.05, 4.69) is 15.6 Å². The van der Waals surface area contributed by atoms with Crippen LogP contribution >= 0.6 is 11.3 Å². The van der Waals surface area contributed by atoms with E-state index in [9.17, 15) is 14.4 Å². The Labute approximate surface area is 187 Å². The Hall–Kier alpha value is -2.16. The summed E-state index contributed by atoms with van der Waals surface area (Å²) in [6, 6.07) is -0.445. The van der Waals surface area contributed by atoms with Gasteiger partial charge in [0.1, 0.15) is 12.6 Å². The Morgan fingerprint density at radius 2 is 1.84 bits per heavy atom. The lowest BCUT2D eigenvalue weighted by molar-refractivity contribution is -0.142. The first-order chi connectivity index (χ1) is 15.1. The van der Waals surface area contributed by atoms with E-state index < -0.39 is 6.04 Å². The molecule has 31 heavy (non-hydrogen) atoms. The Kier molecular flexibility index (Phi) is 7.42. The normalized spacial score (nSPS) is 21.9. The minimum absolute atomic E-state index is 0.0320. The largest absolute Gasteiger partial charge is 0.335 e. The summed E-state index contributed by atoms with van der Waals surface area (Å²) < 4.78 is 0. The van der Waals surface area contributed by atoms with Gasteiger partial charge in [0, 0.05) is 30.7 Å². The molecule has 0 radical (unpaired) electrons. The van der Waals surface area contributed by atoms with Crippen LogP contribution in [0, 0.1) is 5.92 Å². The molecular formula is C22H33N5O3S. The zero-order valence-corrected chi connectivity index (χ0v) is 18.9. The van der Waals surface area contributed by atoms with Crippen molar-refractivity contribution in [3.8, 4) is 0 Å². The molecule has 1 atom stereocenters. The fraction of sp³-hybridized carbons (Fsp3) is 0.727. The highest BCUT2D eigenvalue weighted by molar-refractivity contribution is 7.13. The van der Waals surface area contributed by atoms with Gasteiger partial charge in [-0.2, -0.15) is 0 Å². The van der Waals surface area contributed by atoms with Gasteiger partial charge in [0.15, 0.2) is 5.13 Å². The molecule has 8 nitrogen and oxygen atoms in total. The van der Waals surface area contributed by atoms with Crippen LogP contribution in [0.25, 0.3) is 0 Å². The third-order valence-corrected chi connectivity index (χ3v) is 7.54. The predicted octanol–water partition coefficient (Wildman–Crippen LogP) is 3.22. The van der Waals surface area contributed by atoms with Crippen molar-refractivity contribution in [2.45, 2.75) is 76.3 Å². The number of hydrogen-bond donors (Lipinski definition) is 2. The molecule has 3 fully saturated rings. The lowest BCUT2D eigenvalue weighted by Gasteiger charge is -2.40. The first-order valence-corrected chi connectivity index (χ1v) is 12.5. The molecule has 2 N–H and O–H groups in total. The number of carbonyl (C=O) groups excluding carboxylic acids is 3. The van der Waals surface area contributed by atoms with Crippen LogP contribution in [-0.4, -0.2) is 64.3 Å². The monoisotopic (exact) mass is 447 g/mol. The topological polar surface area (TPSA) is 94.6 Å². The summed E-state index contributed by atoms with van der Waals surface area (Å²) >= 11 is 1.37. The lowest BCUT2D eigenvalue weighted by Crippen LogP contribution is -2.60. The fourth-order valence-electron chi connectivity index (χ4n) is 5.11. The molecule has 1 aromatic rings. The number of aromatic nitrogens is 1. The van der Waals surface area contributed by atoms with Gasteiger partial charge in [-0.15, -0.1) is 11.3 Å². The Balaban J connectivity index is 1.39. The number of thiazole rings is 1. The molecule has 1 aliphatic heterocycles. The van der Waals surface area contributed by atoms with Crippen molar-refractivity contribution in [2.75, 3.05) is 25.0 Å². The van der Waals surface area contributed by atoms with Crippen molar-refractivity contribution in [2.24, 2.45) is 5.92 Å². The smallest absolute Gasteiger partial charge is 0.318 e. The van der Waals surface area contributed by atoms with Crippen molar-refractivity contribution in [3.05, 3.63) is 11.6 Å². The van der Waals surface area contributed by atoms with Crippen LogP contribution in [0.2, 0.25) is 0 Å². The molecule has 1 saturated heterocycles. The first kappa shape index (κ1) is 22.0. The second-order valence-electron chi connectivity index (χ2n) is 9.02. The molecule has 170 valence electrons. The quantitative estimate of drug-likeness (QED) is 0.700. The SMILES string of the molecule is O=C(Nc1nccs1)C(CC1CCCCC1)N1CCN(C(=O)NC2CCCC2)CC1=O. The molecule has 0 spiro atoms. The zero-order chi connectivity index (χ0) is 21.6. The Morgan fingerprint density at radius 1 is 1.10 bits per heavy atom. The second-order valence-corrected chi connectivity index (χ2v) is 9.92. The number of piperazine rings is 1. The number of nitrogens with zero attached hydrogens (tertiary/aromatic N) is 3. The molecule has 4 amide bonds. The summed E-state index contributed by atoms with van der Waals surface area (Å²) in [6.07, 6.45) is 12.5. The molecule has 0 bridgehead atoms. The number of urea groups is 1. The third kappa shape index (κ3) is 5.75. The first-order valence-electron chi connectivity index (χ1n) is 11.7. The van der Waals surface area contributed by atoms with Crippen molar-refractivity contribution < 1.29 is 14.4 Å². The Bertz CT molecular complexity index is 759. The number of rotatable bonds is 6. The summed E-state index contributed by atoms with van der Waals surface area (Å²) in [7, 11) is 0. The van der Waals surface area contributed by atoms with E-state index >= 15 is 0 Å². The number of hydrogen-bond acceptors (Lipinski definition) is 5. The summed E-state index contributed by atoms with van der Waals surface area (Å²) in [5.74, 6) is 0.137. The van der Waals surface area contributed by atoms with Crippen LogP contribution < -0.4 is 10.6 Å². The zero-order valence-electron chi connectivity index (χ0n) is 18.1. The molecule has 2 aliphatic carbocycles. The van der Waals surface area contributed by atoms with Crippen LogP contribution in [0.15, 0.2) is 11.6 Å². The van der Waals surface area contributed by atoms with Gasteiger partial charge in [0.05, 0.1) is 0 Å². The van der Waals surface area contributed by atoms with Gasteiger partial charge in [0.25, 0.3) is 0 Å². The van der Waals surface area contributed by atoms with E-state index in [4.69, 9.17) is 0 Å². The summed E-state index contributed by atoms with van der Waals surface area (Å²) in [4.78, 5) is 46.2. The number of amides is 4. The van der Waals surface area contributed by atoms with E-state index in [1.54, 1.807) is 16.0 Å². The molecule has 2 saturated carbocycles. The van der Waals surface area contributed by atoms with Crippen LogP contribution in [0.5, 0.6) is 0 Å². The average molecular weight is 448 g/mol. The van der Waals surface area contributed by atoms with E-state index in [1.165, 1.54) is 30.6 Å². The summed E-state index contributed by atoms with van der Waals surface area (Å²) in [5, 5.41) is 8.33. The van der Waals surface area contributed by atoms with Crippen LogP contribution in [0.4, 0.5) is 9.93 Å². The summed E-state index contributed by atoms with van der Waals surface area (Å²) in [6.45, 7) is 0.875. The van der Waals surface area contributed by atoms with Crippen LogP contribution in [0.3, 0.4) is 0 Å². The second kappa shape index (κ2) is 10.4. The minimum Gasteiger partial charge on any atom is -0.335 e. The maximum atomic E-state index is 13.1. The predicted molar refractivity (Wildman–Crippen MR) is 120 cm³/mol. The van der Waals surface area contributed by atoms with Crippen LogP contribution in [0.1, 0.15) is 64.2 Å². The van der Waals surface area contributed by atoms with Crippen molar-refractivity contribution in [3.63, 3.8) is 0 Å². The molecule has 0 aromatic carbocycles. The number of carbonyl (C=O) groups is 3.